The standard InChI is InChI=1S/C68H125NO10/c1-4-7-10-13-16-19-22-24-26-28-29-30-31-32-34-35-37-40-43-46-49-52-55-61(72)67(76)69-59(60(71)54-51-48-45-42-39-21-18-15-12-9-6-3)58-77-68-66(65(75)64(74)62(57-70)78-68)79-63(73)56-53-50-47-44-41-38-36-33-27-25-23-20-17-14-11-8-5-2/h17,20,24-27,51,54,59-62,64-66,68,70-72,74-75H,4-16,18-19,21-23,28-50,52-53,55-58H2,1-3H3,(H,69,76)/b20-17-,26-24+,27-25-,54-51+. The summed E-state index contributed by atoms with van der Waals surface area (Å²) >= 11 is 0. The number of esters is 1. The Labute approximate surface area is 485 Å². The molecular formula is C68H125NO10. The van der Waals surface area contributed by atoms with Gasteiger partial charge in [0.25, 0.3) is 0 Å². The Morgan fingerprint density at radius 3 is 1.33 bits per heavy atom. The average molecular weight is 1120 g/mol. The van der Waals surface area contributed by atoms with Crippen LogP contribution in [0, 0.1) is 0 Å². The molecule has 1 aliphatic heterocycles. The molecule has 8 atom stereocenters. The molecule has 1 saturated heterocycles. The number of amides is 1. The minimum atomic E-state index is -1.62. The maximum absolute atomic E-state index is 13.4. The van der Waals surface area contributed by atoms with Crippen LogP contribution in [0.4, 0.5) is 0 Å². The van der Waals surface area contributed by atoms with Gasteiger partial charge < -0.3 is 45.1 Å². The number of ether oxygens (including phenoxy) is 3. The number of nitrogens with one attached hydrogen (secondary N) is 1. The van der Waals surface area contributed by atoms with Gasteiger partial charge in [-0.2, -0.15) is 0 Å². The van der Waals surface area contributed by atoms with Gasteiger partial charge in [-0.25, -0.2) is 0 Å². The zero-order chi connectivity index (χ0) is 57.5. The first-order valence-electron chi connectivity index (χ1n) is 33.4. The number of aliphatic hydroxyl groups is 5. The largest absolute Gasteiger partial charge is 0.454 e. The van der Waals surface area contributed by atoms with Crippen LogP contribution in [0.15, 0.2) is 48.6 Å². The normalized spacial score (nSPS) is 19.1. The summed E-state index contributed by atoms with van der Waals surface area (Å²) in [6, 6.07) is -1.02. The van der Waals surface area contributed by atoms with Crippen molar-refractivity contribution in [1.82, 2.24) is 5.32 Å². The lowest BCUT2D eigenvalue weighted by atomic mass is 9.99. The van der Waals surface area contributed by atoms with Crippen LogP contribution in [0.3, 0.4) is 0 Å². The van der Waals surface area contributed by atoms with Crippen LogP contribution in [0.1, 0.15) is 310 Å². The predicted octanol–water partition coefficient (Wildman–Crippen LogP) is 16.4. The Hall–Kier alpha value is -2.38. The molecule has 1 heterocycles. The number of carbonyl (C=O) groups excluding carboxylic acids is 2. The van der Waals surface area contributed by atoms with Crippen LogP contribution < -0.4 is 5.32 Å². The number of carbonyl (C=O) groups is 2. The Balaban J connectivity index is 2.60. The first-order valence-corrected chi connectivity index (χ1v) is 33.4. The highest BCUT2D eigenvalue weighted by atomic mass is 16.7. The fourth-order valence-electron chi connectivity index (χ4n) is 10.4. The second-order valence-electron chi connectivity index (χ2n) is 23.2. The van der Waals surface area contributed by atoms with Crippen molar-refractivity contribution >= 4 is 11.9 Å². The van der Waals surface area contributed by atoms with Crippen LogP contribution in [0.2, 0.25) is 0 Å². The number of allylic oxidation sites excluding steroid dienone is 7. The van der Waals surface area contributed by atoms with Crippen molar-refractivity contribution in [1.29, 1.82) is 0 Å². The van der Waals surface area contributed by atoms with Crippen LogP contribution in [0.25, 0.3) is 0 Å². The molecule has 6 N–H and O–H groups in total. The van der Waals surface area contributed by atoms with Crippen LogP contribution in [0.5, 0.6) is 0 Å². The maximum Gasteiger partial charge on any atom is 0.306 e. The zero-order valence-electron chi connectivity index (χ0n) is 51.2. The third-order valence-electron chi connectivity index (χ3n) is 15.7. The summed E-state index contributed by atoms with van der Waals surface area (Å²) in [6.45, 7) is 5.78. The molecular weight excluding hydrogens is 991 g/mol. The minimum Gasteiger partial charge on any atom is -0.454 e. The van der Waals surface area contributed by atoms with Crippen LogP contribution in [-0.2, 0) is 23.8 Å². The van der Waals surface area contributed by atoms with Gasteiger partial charge in [0, 0.05) is 6.42 Å². The van der Waals surface area contributed by atoms with Gasteiger partial charge >= 0.3 is 5.97 Å². The van der Waals surface area contributed by atoms with Gasteiger partial charge in [-0.05, 0) is 83.5 Å². The van der Waals surface area contributed by atoms with Gasteiger partial charge in [-0.3, -0.25) is 9.59 Å². The highest BCUT2D eigenvalue weighted by molar-refractivity contribution is 5.80. The zero-order valence-corrected chi connectivity index (χ0v) is 51.2. The van der Waals surface area contributed by atoms with E-state index in [1.165, 1.54) is 186 Å². The van der Waals surface area contributed by atoms with E-state index in [2.05, 4.69) is 62.5 Å². The fraction of sp³-hybridized carbons (Fsp3) is 0.853. The number of aliphatic hydroxyl groups excluding tert-OH is 5. The summed E-state index contributed by atoms with van der Waals surface area (Å²) in [5, 5.41) is 57.1. The molecule has 0 aromatic heterocycles. The molecule has 0 aliphatic carbocycles. The van der Waals surface area contributed by atoms with E-state index >= 15 is 0 Å². The van der Waals surface area contributed by atoms with Crippen molar-refractivity contribution in [3.63, 3.8) is 0 Å². The Kier molecular flexibility index (Phi) is 53.0. The van der Waals surface area contributed by atoms with Gasteiger partial charge in [-0.1, -0.05) is 268 Å². The summed E-state index contributed by atoms with van der Waals surface area (Å²) in [5.74, 6) is -1.19. The van der Waals surface area contributed by atoms with Crippen molar-refractivity contribution in [3.8, 4) is 0 Å². The third-order valence-corrected chi connectivity index (χ3v) is 15.7. The smallest absolute Gasteiger partial charge is 0.306 e. The van der Waals surface area contributed by atoms with E-state index in [0.717, 1.165) is 77.0 Å². The Bertz CT molecular complexity index is 1470. The predicted molar refractivity (Wildman–Crippen MR) is 329 cm³/mol. The number of hydrogen-bond acceptors (Lipinski definition) is 10. The SMILES string of the molecule is CCCCC/C=C\C/C=C\CCCCCCCCCC(=O)OC1C(OCC(NC(=O)C(O)CCCCCCCCCCCCCC/C=C/CCCCCCCC)C(O)/C=C/CCCCCCCCCCC)OC(CO)C(O)C1O. The molecule has 11 heteroatoms. The monoisotopic (exact) mass is 1120 g/mol. The van der Waals surface area contributed by atoms with E-state index in [0.29, 0.717) is 19.3 Å². The van der Waals surface area contributed by atoms with Crippen LogP contribution in [-0.4, -0.2) is 99.6 Å². The number of rotatable bonds is 57. The Morgan fingerprint density at radius 2 is 0.873 bits per heavy atom. The third kappa shape index (κ3) is 43.9. The summed E-state index contributed by atoms with van der Waals surface area (Å²) in [7, 11) is 0. The second-order valence-corrected chi connectivity index (χ2v) is 23.2. The number of unbranched alkanes of at least 4 members (excludes halogenated alkanes) is 37. The van der Waals surface area contributed by atoms with Crippen molar-refractivity contribution in [2.24, 2.45) is 0 Å². The molecule has 0 saturated carbocycles. The summed E-state index contributed by atoms with van der Waals surface area (Å²) in [5.41, 5.74) is 0. The van der Waals surface area contributed by atoms with Crippen LogP contribution >= 0.6 is 0 Å². The molecule has 0 bridgehead atoms. The second kappa shape index (κ2) is 56.1. The molecule has 0 radical (unpaired) electrons. The Morgan fingerprint density at radius 1 is 0.494 bits per heavy atom. The molecule has 0 aromatic rings. The van der Waals surface area contributed by atoms with Gasteiger partial charge in [0.15, 0.2) is 12.4 Å². The lowest BCUT2D eigenvalue weighted by molar-refractivity contribution is -0.305. The average Bonchev–Trinajstić information content (AvgIpc) is 3.47. The first kappa shape index (κ1) is 74.6. The van der Waals surface area contributed by atoms with E-state index in [1.54, 1.807) is 6.08 Å². The highest BCUT2D eigenvalue weighted by Crippen LogP contribution is 2.26. The first-order chi connectivity index (χ1) is 38.7. The summed E-state index contributed by atoms with van der Waals surface area (Å²) in [6.07, 6.45) is 58.6. The number of hydrogen-bond donors (Lipinski definition) is 6. The molecule has 8 unspecified atom stereocenters. The molecule has 0 aromatic carbocycles. The van der Waals surface area contributed by atoms with Crippen molar-refractivity contribution < 1.29 is 49.3 Å². The molecule has 1 amide bonds. The van der Waals surface area contributed by atoms with Crippen molar-refractivity contribution in [2.45, 2.75) is 359 Å². The quantitative estimate of drug-likeness (QED) is 0.0195. The molecule has 1 fully saturated rings. The maximum atomic E-state index is 13.4. The van der Waals surface area contributed by atoms with E-state index in [-0.39, 0.29) is 13.0 Å². The van der Waals surface area contributed by atoms with Gasteiger partial charge in [0.05, 0.1) is 25.4 Å². The molecule has 462 valence electrons. The van der Waals surface area contributed by atoms with E-state index in [1.807, 2.05) is 6.08 Å². The lowest BCUT2D eigenvalue weighted by Crippen LogP contribution is -2.61. The van der Waals surface area contributed by atoms with Gasteiger partial charge in [0.2, 0.25) is 5.91 Å². The van der Waals surface area contributed by atoms with Gasteiger partial charge in [-0.15, -0.1) is 0 Å². The molecule has 11 nitrogen and oxygen atoms in total. The minimum absolute atomic E-state index is 0.116. The van der Waals surface area contributed by atoms with E-state index in [4.69, 9.17) is 14.2 Å². The fourth-order valence-corrected chi connectivity index (χ4v) is 10.4. The molecule has 79 heavy (non-hydrogen) atoms. The summed E-state index contributed by atoms with van der Waals surface area (Å²) in [4.78, 5) is 26.6. The highest BCUT2D eigenvalue weighted by Gasteiger charge is 2.47. The van der Waals surface area contributed by atoms with Crippen molar-refractivity contribution in [2.75, 3.05) is 13.2 Å². The molecule has 1 aliphatic rings. The lowest BCUT2D eigenvalue weighted by Gasteiger charge is -2.41. The van der Waals surface area contributed by atoms with E-state index in [9.17, 15) is 35.1 Å². The topological polar surface area (TPSA) is 175 Å². The van der Waals surface area contributed by atoms with E-state index < -0.39 is 67.4 Å². The van der Waals surface area contributed by atoms with Gasteiger partial charge in [0.1, 0.15) is 24.4 Å². The summed E-state index contributed by atoms with van der Waals surface area (Å²) < 4.78 is 17.6. The molecule has 1 rings (SSSR count). The van der Waals surface area contributed by atoms with Crippen molar-refractivity contribution in [3.05, 3.63) is 48.6 Å². The molecule has 0 spiro atoms.